The van der Waals surface area contributed by atoms with E-state index in [0.29, 0.717) is 5.75 Å². The molecule has 2 aromatic rings. The molecule has 0 aromatic heterocycles. The van der Waals surface area contributed by atoms with E-state index in [4.69, 9.17) is 0 Å². The molecule has 0 amide bonds. The van der Waals surface area contributed by atoms with Gasteiger partial charge in [0.2, 0.25) is 0 Å². The molecule has 1 heteroatoms. The lowest BCUT2D eigenvalue weighted by Crippen LogP contribution is -2.24. The van der Waals surface area contributed by atoms with Crippen LogP contribution in [0.2, 0.25) is 0 Å². The van der Waals surface area contributed by atoms with Crippen LogP contribution in [0.25, 0.3) is 6.08 Å². The van der Waals surface area contributed by atoms with Gasteiger partial charge in [-0.05, 0) is 40.0 Å². The van der Waals surface area contributed by atoms with E-state index in [1.54, 1.807) is 0 Å². The van der Waals surface area contributed by atoms with Crippen LogP contribution < -0.4 is 0 Å². The smallest absolute Gasteiger partial charge is 0.119 e. The van der Waals surface area contributed by atoms with Crippen LogP contribution in [-0.4, -0.2) is 5.11 Å². The summed E-state index contributed by atoms with van der Waals surface area (Å²) >= 11 is 0. The predicted molar refractivity (Wildman–Crippen MR) is 105 cm³/mol. The summed E-state index contributed by atoms with van der Waals surface area (Å²) in [5, 5.41) is 10.5. The van der Waals surface area contributed by atoms with E-state index in [1.165, 1.54) is 16.7 Å². The second kappa shape index (κ2) is 6.84. The first-order chi connectivity index (χ1) is 11.1. The molecule has 0 atom stereocenters. The first kappa shape index (κ1) is 18.3. The highest BCUT2D eigenvalue weighted by Crippen LogP contribution is 2.40. The van der Waals surface area contributed by atoms with Gasteiger partial charge in [0, 0.05) is 5.56 Å². The second-order valence-electron chi connectivity index (χ2n) is 8.50. The summed E-state index contributed by atoms with van der Waals surface area (Å²) in [6, 6.07) is 14.2. The van der Waals surface area contributed by atoms with Crippen molar-refractivity contribution in [3.8, 4) is 5.75 Å². The fourth-order valence-corrected chi connectivity index (χ4v) is 3.20. The molecule has 1 N–H and O–H groups in total. The number of hydrogen-bond acceptors (Lipinski definition) is 1. The zero-order chi connectivity index (χ0) is 18.0. The third-order valence-corrected chi connectivity index (χ3v) is 4.28. The molecule has 0 unspecified atom stereocenters. The summed E-state index contributed by atoms with van der Waals surface area (Å²) in [4.78, 5) is 0. The van der Waals surface area contributed by atoms with Gasteiger partial charge >= 0.3 is 0 Å². The Bertz CT molecular complexity index is 710. The normalized spacial score (nSPS) is 12.8. The summed E-state index contributed by atoms with van der Waals surface area (Å²) in [6.07, 6.45) is 5.00. The van der Waals surface area contributed by atoms with Crippen molar-refractivity contribution in [3.63, 3.8) is 0 Å². The Morgan fingerprint density at radius 1 is 0.833 bits per heavy atom. The number of phenols is 1. The Balaban J connectivity index is 2.47. The van der Waals surface area contributed by atoms with Gasteiger partial charge in [-0.25, -0.2) is 0 Å². The molecular weight excluding hydrogens is 292 g/mol. The molecule has 24 heavy (non-hydrogen) atoms. The van der Waals surface area contributed by atoms with E-state index < -0.39 is 0 Å². The van der Waals surface area contributed by atoms with Gasteiger partial charge in [-0.2, -0.15) is 0 Å². The molecule has 0 saturated heterocycles. The van der Waals surface area contributed by atoms with Gasteiger partial charge in [0.1, 0.15) is 5.75 Å². The van der Waals surface area contributed by atoms with Crippen LogP contribution in [0.4, 0.5) is 0 Å². The van der Waals surface area contributed by atoms with Gasteiger partial charge < -0.3 is 5.11 Å². The van der Waals surface area contributed by atoms with Crippen molar-refractivity contribution in [2.75, 3.05) is 0 Å². The van der Waals surface area contributed by atoms with E-state index in [2.05, 4.69) is 71.9 Å². The van der Waals surface area contributed by atoms with Gasteiger partial charge in [0.25, 0.3) is 0 Å². The molecule has 0 heterocycles. The molecule has 0 aliphatic carbocycles. The lowest BCUT2D eigenvalue weighted by Gasteiger charge is -2.32. The Hall–Kier alpha value is -2.02. The maximum Gasteiger partial charge on any atom is 0.119 e. The average Bonchev–Trinajstić information content (AvgIpc) is 2.47. The predicted octanol–water partition coefficient (Wildman–Crippen LogP) is 6.24. The molecule has 0 spiro atoms. The van der Waals surface area contributed by atoms with Gasteiger partial charge in [0.05, 0.1) is 0 Å². The topological polar surface area (TPSA) is 20.2 Å². The number of aromatic hydroxyl groups is 1. The number of hydrogen-bond donors (Lipinski definition) is 1. The molecule has 1 nitrogen and oxygen atoms in total. The lowest BCUT2D eigenvalue weighted by molar-refractivity contribution is 0.458. The zero-order valence-electron chi connectivity index (χ0n) is 15.9. The van der Waals surface area contributed by atoms with Gasteiger partial charge in [-0.1, -0.05) is 90.1 Å². The molecule has 0 bridgehead atoms. The maximum atomic E-state index is 10.5. The second-order valence-corrected chi connectivity index (χ2v) is 8.50. The number of rotatable bonds is 3. The van der Waals surface area contributed by atoms with Crippen molar-refractivity contribution >= 4 is 6.08 Å². The van der Waals surface area contributed by atoms with E-state index >= 15 is 0 Å². The van der Waals surface area contributed by atoms with E-state index in [-0.39, 0.29) is 10.8 Å². The van der Waals surface area contributed by atoms with E-state index in [9.17, 15) is 5.11 Å². The number of allylic oxidation sites excluding steroid dienone is 1. The number of benzene rings is 2. The monoisotopic (exact) mass is 322 g/mol. The summed E-state index contributed by atoms with van der Waals surface area (Å²) in [5.41, 5.74) is 4.85. The maximum absolute atomic E-state index is 10.5. The van der Waals surface area contributed by atoms with Crippen molar-refractivity contribution in [2.24, 2.45) is 0 Å². The largest absolute Gasteiger partial charge is 0.508 e. The van der Waals surface area contributed by atoms with Crippen molar-refractivity contribution < 1.29 is 5.11 Å². The highest BCUT2D eigenvalue weighted by atomic mass is 16.3. The SMILES string of the molecule is CC(C)(C)c1ccc(O)c(CC=Cc2ccccc2)c1C(C)(C)C. The van der Waals surface area contributed by atoms with Crippen LogP contribution in [0.1, 0.15) is 63.8 Å². The molecule has 2 aromatic carbocycles. The van der Waals surface area contributed by atoms with Crippen molar-refractivity contribution in [1.29, 1.82) is 0 Å². The molecule has 128 valence electrons. The fraction of sp³-hybridized carbons (Fsp3) is 0.391. The minimum atomic E-state index is -0.0166. The highest BCUT2D eigenvalue weighted by molar-refractivity contribution is 5.54. The molecule has 0 fully saturated rings. The molecular formula is C23H30O. The van der Waals surface area contributed by atoms with Crippen molar-refractivity contribution in [3.05, 3.63) is 70.8 Å². The van der Waals surface area contributed by atoms with Crippen LogP contribution in [-0.2, 0) is 17.3 Å². The number of phenolic OH excluding ortho intramolecular Hbond substituents is 1. The summed E-state index contributed by atoms with van der Waals surface area (Å²) in [7, 11) is 0. The quantitative estimate of drug-likeness (QED) is 0.709. The van der Waals surface area contributed by atoms with Crippen LogP contribution in [0.5, 0.6) is 5.75 Å². The molecule has 0 saturated carbocycles. The van der Waals surface area contributed by atoms with Crippen LogP contribution >= 0.6 is 0 Å². The highest BCUT2D eigenvalue weighted by Gasteiger charge is 2.28. The first-order valence-electron chi connectivity index (χ1n) is 8.68. The standard InChI is InChI=1S/C23H30O/c1-22(2,3)19-15-16-20(24)18(21(19)23(4,5)6)14-10-13-17-11-8-7-9-12-17/h7-13,15-16,24H,14H2,1-6H3. The van der Waals surface area contributed by atoms with Crippen LogP contribution in [0.3, 0.4) is 0 Å². The van der Waals surface area contributed by atoms with Gasteiger partial charge in [-0.3, -0.25) is 0 Å². The zero-order valence-corrected chi connectivity index (χ0v) is 15.9. The fourth-order valence-electron chi connectivity index (χ4n) is 3.20. The third kappa shape index (κ3) is 4.29. The van der Waals surface area contributed by atoms with E-state index in [1.807, 2.05) is 24.3 Å². The van der Waals surface area contributed by atoms with Crippen molar-refractivity contribution in [1.82, 2.24) is 0 Å². The Labute approximate surface area is 147 Å². The molecule has 2 rings (SSSR count). The van der Waals surface area contributed by atoms with Gasteiger partial charge in [0.15, 0.2) is 0 Å². The van der Waals surface area contributed by atoms with Gasteiger partial charge in [-0.15, -0.1) is 0 Å². The average molecular weight is 322 g/mol. The Morgan fingerprint density at radius 3 is 2.00 bits per heavy atom. The molecule has 0 aliphatic rings. The minimum absolute atomic E-state index is 0.0166. The molecule has 0 radical (unpaired) electrons. The lowest BCUT2D eigenvalue weighted by atomic mass is 9.72. The van der Waals surface area contributed by atoms with E-state index in [0.717, 1.165) is 12.0 Å². The van der Waals surface area contributed by atoms with Crippen molar-refractivity contribution in [2.45, 2.75) is 58.8 Å². The molecule has 0 aliphatic heterocycles. The van der Waals surface area contributed by atoms with Crippen LogP contribution in [0.15, 0.2) is 48.5 Å². The summed E-state index contributed by atoms with van der Waals surface area (Å²) in [5.74, 6) is 0.394. The third-order valence-electron chi connectivity index (χ3n) is 4.28. The summed E-state index contributed by atoms with van der Waals surface area (Å²) in [6.45, 7) is 13.4. The first-order valence-corrected chi connectivity index (χ1v) is 8.68. The summed E-state index contributed by atoms with van der Waals surface area (Å²) < 4.78 is 0. The minimum Gasteiger partial charge on any atom is -0.508 e. The Kier molecular flexibility index (Phi) is 5.22. The Morgan fingerprint density at radius 2 is 1.46 bits per heavy atom. The van der Waals surface area contributed by atoms with Crippen LogP contribution in [0, 0.1) is 0 Å².